The van der Waals surface area contributed by atoms with Gasteiger partial charge in [-0.15, -0.1) is 0 Å². The molecule has 11 heavy (non-hydrogen) atoms. The minimum atomic E-state index is 0.269. The smallest absolute Gasteiger partial charge is 0.0373 e. The minimum absolute atomic E-state index is 0.269. The molecule has 0 unspecified atom stereocenters. The summed E-state index contributed by atoms with van der Waals surface area (Å²) >= 11 is 2.40. The van der Waals surface area contributed by atoms with E-state index in [2.05, 4.69) is 52.1 Å². The molecule has 0 bridgehead atoms. The molecule has 1 N–H and O–H groups in total. The summed E-state index contributed by atoms with van der Waals surface area (Å²) in [5.41, 5.74) is 0.269. The number of likely N-dealkylation sites (N-methyl/N-ethyl adjacent to an activating group) is 1. The first-order valence-electron chi connectivity index (χ1n) is 4.12. The van der Waals surface area contributed by atoms with Crippen LogP contribution in [0.15, 0.2) is 0 Å². The van der Waals surface area contributed by atoms with Crippen molar-refractivity contribution < 1.29 is 0 Å². The predicted molar refractivity (Wildman–Crippen MR) is 59.0 cm³/mol. The van der Waals surface area contributed by atoms with Crippen LogP contribution >= 0.6 is 22.9 Å². The van der Waals surface area contributed by atoms with E-state index < -0.39 is 0 Å². The predicted octanol–water partition coefficient (Wildman–Crippen LogP) is 2.05. The van der Waals surface area contributed by atoms with Gasteiger partial charge in [-0.2, -0.15) is 0 Å². The number of hydrogen-bond donors (Lipinski definition) is 1. The number of nitrogens with zero attached hydrogens (tertiary/aromatic N) is 1. The molecular weight excluding hydrogens is 251 g/mol. The molecular formula is C8H19IN2. The second-order valence-electron chi connectivity index (χ2n) is 3.43. The Morgan fingerprint density at radius 3 is 2.36 bits per heavy atom. The van der Waals surface area contributed by atoms with E-state index in [-0.39, 0.29) is 5.54 Å². The van der Waals surface area contributed by atoms with Gasteiger partial charge in [0.25, 0.3) is 0 Å². The fourth-order valence-electron chi connectivity index (χ4n) is 1.02. The molecule has 0 aliphatic carbocycles. The van der Waals surface area contributed by atoms with Gasteiger partial charge in [-0.25, -0.2) is 3.11 Å². The molecule has 0 heterocycles. The van der Waals surface area contributed by atoms with E-state index in [1.54, 1.807) is 0 Å². The maximum Gasteiger partial charge on any atom is 0.0373 e. The first kappa shape index (κ1) is 11.6. The van der Waals surface area contributed by atoms with Crippen molar-refractivity contribution in [3.05, 3.63) is 0 Å². The molecule has 0 fully saturated rings. The van der Waals surface area contributed by atoms with Crippen LogP contribution in [-0.2, 0) is 0 Å². The highest BCUT2D eigenvalue weighted by Gasteiger charge is 2.22. The highest BCUT2D eigenvalue weighted by molar-refractivity contribution is 14.1. The van der Waals surface area contributed by atoms with Crippen LogP contribution in [0, 0.1) is 0 Å². The molecule has 0 saturated heterocycles. The van der Waals surface area contributed by atoms with Gasteiger partial charge in [0.2, 0.25) is 0 Å². The lowest BCUT2D eigenvalue weighted by atomic mass is 10.1. The Hall–Kier alpha value is 0.650. The number of rotatable bonds is 5. The van der Waals surface area contributed by atoms with Crippen LogP contribution in [0.1, 0.15) is 27.2 Å². The Bertz CT molecular complexity index is 104. The molecule has 0 aromatic heterocycles. The fourth-order valence-corrected chi connectivity index (χ4v) is 1.67. The molecule has 0 atom stereocenters. The topological polar surface area (TPSA) is 15.3 Å². The molecule has 0 aromatic rings. The van der Waals surface area contributed by atoms with Crippen molar-refractivity contribution >= 4 is 22.9 Å². The summed E-state index contributed by atoms with van der Waals surface area (Å²) in [6, 6.07) is 0. The summed E-state index contributed by atoms with van der Waals surface area (Å²) in [6.45, 7) is 8.92. The summed E-state index contributed by atoms with van der Waals surface area (Å²) in [5, 5.41) is 3.20. The molecule has 0 spiro atoms. The minimum Gasteiger partial charge on any atom is -0.318 e. The van der Waals surface area contributed by atoms with E-state index >= 15 is 0 Å². The van der Waals surface area contributed by atoms with Gasteiger partial charge in [-0.05, 0) is 27.3 Å². The normalized spacial score (nSPS) is 12.5. The van der Waals surface area contributed by atoms with Crippen LogP contribution in [0.3, 0.4) is 0 Å². The molecule has 0 aliphatic rings. The largest absolute Gasteiger partial charge is 0.318 e. The molecule has 3 heteroatoms. The molecule has 0 saturated carbocycles. The number of halogens is 1. The number of hydrogen-bond acceptors (Lipinski definition) is 2. The summed E-state index contributed by atoms with van der Waals surface area (Å²) in [4.78, 5) is 0. The van der Waals surface area contributed by atoms with Crippen molar-refractivity contribution in [1.29, 1.82) is 0 Å². The van der Waals surface area contributed by atoms with Gasteiger partial charge in [0, 0.05) is 41.5 Å². The van der Waals surface area contributed by atoms with Crippen molar-refractivity contribution in [3.8, 4) is 0 Å². The monoisotopic (exact) mass is 270 g/mol. The van der Waals surface area contributed by atoms with Crippen LogP contribution in [0.5, 0.6) is 0 Å². The van der Waals surface area contributed by atoms with Crippen LogP contribution < -0.4 is 5.32 Å². The third kappa shape index (κ3) is 4.28. The van der Waals surface area contributed by atoms with E-state index in [0.717, 1.165) is 13.1 Å². The first-order chi connectivity index (χ1) is 5.04. The van der Waals surface area contributed by atoms with Gasteiger partial charge < -0.3 is 5.32 Å². The molecule has 2 nitrogen and oxygen atoms in total. The van der Waals surface area contributed by atoms with Crippen molar-refractivity contribution in [2.24, 2.45) is 0 Å². The molecule has 0 amide bonds. The average Bonchev–Trinajstić information content (AvgIpc) is 1.88. The Labute approximate surface area is 84.2 Å². The first-order valence-corrected chi connectivity index (χ1v) is 5.09. The highest BCUT2D eigenvalue weighted by atomic mass is 127. The lowest BCUT2D eigenvalue weighted by molar-refractivity contribution is 0.268. The summed E-state index contributed by atoms with van der Waals surface area (Å²) in [7, 11) is 2.00. The van der Waals surface area contributed by atoms with Gasteiger partial charge in [0.1, 0.15) is 0 Å². The van der Waals surface area contributed by atoms with Gasteiger partial charge >= 0.3 is 0 Å². The molecule has 68 valence electrons. The third-order valence-corrected chi connectivity index (χ3v) is 3.47. The fraction of sp³-hybridized carbons (Fsp3) is 1.00. The Morgan fingerprint density at radius 2 is 2.00 bits per heavy atom. The zero-order valence-corrected chi connectivity index (χ0v) is 10.1. The molecule has 0 radical (unpaired) electrons. The Kier molecular flexibility index (Phi) is 5.64. The van der Waals surface area contributed by atoms with Crippen molar-refractivity contribution in [2.75, 3.05) is 20.1 Å². The van der Waals surface area contributed by atoms with Gasteiger partial charge in [0.05, 0.1) is 0 Å². The van der Waals surface area contributed by atoms with E-state index in [4.69, 9.17) is 0 Å². The van der Waals surface area contributed by atoms with Crippen molar-refractivity contribution in [2.45, 2.75) is 32.7 Å². The Morgan fingerprint density at radius 1 is 1.45 bits per heavy atom. The lowest BCUT2D eigenvalue weighted by Crippen LogP contribution is -2.45. The van der Waals surface area contributed by atoms with E-state index in [1.807, 2.05) is 7.05 Å². The summed E-state index contributed by atoms with van der Waals surface area (Å²) in [5.74, 6) is 0. The SMILES string of the molecule is CCCN(I)C(C)(C)CNC. The summed E-state index contributed by atoms with van der Waals surface area (Å²) < 4.78 is 2.36. The van der Waals surface area contributed by atoms with Crippen molar-refractivity contribution in [3.63, 3.8) is 0 Å². The van der Waals surface area contributed by atoms with Gasteiger partial charge in [-0.1, -0.05) is 6.92 Å². The van der Waals surface area contributed by atoms with Crippen LogP contribution in [0.4, 0.5) is 0 Å². The summed E-state index contributed by atoms with van der Waals surface area (Å²) in [6.07, 6.45) is 1.22. The van der Waals surface area contributed by atoms with E-state index in [1.165, 1.54) is 6.42 Å². The van der Waals surface area contributed by atoms with E-state index in [9.17, 15) is 0 Å². The third-order valence-electron chi connectivity index (χ3n) is 1.69. The van der Waals surface area contributed by atoms with Crippen LogP contribution in [0.25, 0.3) is 0 Å². The zero-order valence-electron chi connectivity index (χ0n) is 7.95. The molecule has 0 aliphatic heterocycles. The van der Waals surface area contributed by atoms with Crippen LogP contribution in [-0.4, -0.2) is 28.8 Å². The maximum absolute atomic E-state index is 3.20. The number of nitrogens with one attached hydrogen (secondary N) is 1. The van der Waals surface area contributed by atoms with Crippen molar-refractivity contribution in [1.82, 2.24) is 8.43 Å². The van der Waals surface area contributed by atoms with E-state index in [0.29, 0.717) is 0 Å². The second-order valence-corrected chi connectivity index (χ2v) is 4.59. The molecule has 0 rings (SSSR count). The van der Waals surface area contributed by atoms with Gasteiger partial charge in [-0.3, -0.25) is 0 Å². The zero-order chi connectivity index (χ0) is 8.91. The second kappa shape index (κ2) is 5.32. The highest BCUT2D eigenvalue weighted by Crippen LogP contribution is 2.18. The van der Waals surface area contributed by atoms with Crippen LogP contribution in [0.2, 0.25) is 0 Å². The lowest BCUT2D eigenvalue weighted by Gasteiger charge is -2.33. The molecule has 0 aromatic carbocycles. The average molecular weight is 270 g/mol. The Balaban J connectivity index is 3.83. The van der Waals surface area contributed by atoms with Gasteiger partial charge in [0.15, 0.2) is 0 Å². The maximum atomic E-state index is 3.20. The standard InChI is InChI=1S/C8H19IN2/c1-5-6-11(9)8(2,3)7-10-4/h10H,5-7H2,1-4H3. The quantitative estimate of drug-likeness (QED) is 0.607.